The van der Waals surface area contributed by atoms with Crippen molar-refractivity contribution < 1.29 is 4.79 Å². The number of thioether (sulfide) groups is 2. The van der Waals surface area contributed by atoms with Gasteiger partial charge in [0.05, 0.1) is 0 Å². The fraction of sp³-hybridized carbons (Fsp3) is 0.696. The molecule has 1 N–H and O–H groups in total. The quantitative estimate of drug-likeness (QED) is 0.706. The van der Waals surface area contributed by atoms with Crippen LogP contribution in [-0.4, -0.2) is 71.1 Å². The van der Waals surface area contributed by atoms with E-state index in [1.54, 1.807) is 0 Å². The van der Waals surface area contributed by atoms with Crippen LogP contribution in [0.4, 0.5) is 5.69 Å². The summed E-state index contributed by atoms with van der Waals surface area (Å²) < 4.78 is 0. The Morgan fingerprint density at radius 1 is 1.07 bits per heavy atom. The lowest BCUT2D eigenvalue weighted by Crippen LogP contribution is -2.59. The van der Waals surface area contributed by atoms with Crippen LogP contribution < -0.4 is 10.2 Å². The number of rotatable bonds is 7. The number of carbonyl (C=O) groups excluding carboxylic acids is 1. The van der Waals surface area contributed by atoms with E-state index in [4.69, 9.17) is 0 Å². The molecule has 3 aliphatic heterocycles. The second-order valence-electron chi connectivity index (χ2n) is 8.60. The molecule has 3 heterocycles. The molecule has 29 heavy (non-hydrogen) atoms. The predicted molar refractivity (Wildman–Crippen MR) is 127 cm³/mol. The number of nitrogens with one attached hydrogen (secondary N) is 1. The molecule has 3 saturated heterocycles. The van der Waals surface area contributed by atoms with E-state index < -0.39 is 0 Å². The highest BCUT2D eigenvalue weighted by Gasteiger charge is 2.36. The smallest absolute Gasteiger partial charge is 0.221 e. The maximum Gasteiger partial charge on any atom is 0.221 e. The van der Waals surface area contributed by atoms with Crippen molar-refractivity contribution in [2.75, 3.05) is 42.6 Å². The third-order valence-electron chi connectivity index (χ3n) is 6.54. The summed E-state index contributed by atoms with van der Waals surface area (Å²) in [5, 5.41) is 4.59. The fourth-order valence-electron chi connectivity index (χ4n) is 5.07. The molecule has 3 fully saturated rings. The van der Waals surface area contributed by atoms with Gasteiger partial charge in [-0.25, -0.2) is 0 Å². The van der Waals surface area contributed by atoms with Gasteiger partial charge in [0, 0.05) is 60.9 Å². The van der Waals surface area contributed by atoms with E-state index in [2.05, 4.69) is 64.1 Å². The van der Waals surface area contributed by atoms with Crippen LogP contribution in [0, 0.1) is 0 Å². The second-order valence-corrected chi connectivity index (χ2v) is 11.4. The zero-order valence-electron chi connectivity index (χ0n) is 17.6. The maximum atomic E-state index is 12.7. The van der Waals surface area contributed by atoms with Gasteiger partial charge < -0.3 is 10.2 Å². The lowest BCUT2D eigenvalue weighted by Gasteiger charge is -2.44. The van der Waals surface area contributed by atoms with E-state index in [9.17, 15) is 4.79 Å². The zero-order chi connectivity index (χ0) is 20.1. The van der Waals surface area contributed by atoms with Crippen molar-refractivity contribution in [2.24, 2.45) is 0 Å². The Morgan fingerprint density at radius 2 is 1.79 bits per heavy atom. The molecule has 0 radical (unpaired) electrons. The van der Waals surface area contributed by atoms with Crippen LogP contribution in [0.25, 0.3) is 0 Å². The second kappa shape index (κ2) is 10.5. The summed E-state index contributed by atoms with van der Waals surface area (Å²) in [6, 6.07) is 11.4. The standard InChI is InChI=1S/C23H35N3OS2/c1-18(24-22(27)17-20-9-5-15-28-20)23(21-10-6-16-29-21)26-13-11-25(12-14-26)19-7-3-2-4-8-19/h2-4,7-8,18,20-21,23H,5-6,9-17H2,1H3,(H,24,27). The summed E-state index contributed by atoms with van der Waals surface area (Å²) in [5.74, 6) is 2.75. The van der Waals surface area contributed by atoms with Crippen molar-refractivity contribution in [2.45, 2.75) is 61.6 Å². The third kappa shape index (κ3) is 5.65. The Hall–Kier alpha value is -0.850. The Bertz CT molecular complexity index is 639. The number of hydrogen-bond donors (Lipinski definition) is 1. The maximum absolute atomic E-state index is 12.7. The first-order valence-electron chi connectivity index (χ1n) is 11.3. The number of piperazine rings is 1. The molecule has 3 aliphatic rings. The van der Waals surface area contributed by atoms with Crippen molar-refractivity contribution in [1.29, 1.82) is 0 Å². The monoisotopic (exact) mass is 433 g/mol. The molecule has 6 heteroatoms. The zero-order valence-corrected chi connectivity index (χ0v) is 19.2. The Balaban J connectivity index is 1.36. The van der Waals surface area contributed by atoms with Gasteiger partial charge in [0.15, 0.2) is 0 Å². The van der Waals surface area contributed by atoms with Crippen LogP contribution in [0.15, 0.2) is 30.3 Å². The number of amides is 1. The SMILES string of the molecule is CC(NC(=O)CC1CCCS1)C(C1CCCS1)N1CCN(c2ccccc2)CC1. The summed E-state index contributed by atoms with van der Waals surface area (Å²) in [7, 11) is 0. The van der Waals surface area contributed by atoms with Gasteiger partial charge in [-0.15, -0.1) is 0 Å². The van der Waals surface area contributed by atoms with Crippen LogP contribution in [0.3, 0.4) is 0 Å². The van der Waals surface area contributed by atoms with Crippen molar-refractivity contribution >= 4 is 35.1 Å². The van der Waals surface area contributed by atoms with Crippen LogP contribution in [-0.2, 0) is 4.79 Å². The van der Waals surface area contributed by atoms with E-state index >= 15 is 0 Å². The minimum Gasteiger partial charge on any atom is -0.369 e. The minimum atomic E-state index is 0.216. The average molecular weight is 434 g/mol. The molecule has 4 unspecified atom stereocenters. The lowest BCUT2D eigenvalue weighted by atomic mass is 9.99. The van der Waals surface area contributed by atoms with Crippen molar-refractivity contribution in [3.63, 3.8) is 0 Å². The molecule has 0 saturated carbocycles. The molecule has 1 aromatic carbocycles. The highest BCUT2D eigenvalue weighted by atomic mass is 32.2. The van der Waals surface area contributed by atoms with Crippen molar-refractivity contribution in [3.8, 4) is 0 Å². The lowest BCUT2D eigenvalue weighted by molar-refractivity contribution is -0.122. The van der Waals surface area contributed by atoms with Gasteiger partial charge in [-0.05, 0) is 56.2 Å². The van der Waals surface area contributed by atoms with Gasteiger partial charge in [-0.2, -0.15) is 23.5 Å². The highest BCUT2D eigenvalue weighted by Crippen LogP contribution is 2.34. The Morgan fingerprint density at radius 3 is 2.45 bits per heavy atom. The first-order valence-corrected chi connectivity index (χ1v) is 13.4. The van der Waals surface area contributed by atoms with Gasteiger partial charge in [0.2, 0.25) is 5.91 Å². The molecule has 1 aromatic rings. The molecule has 4 atom stereocenters. The van der Waals surface area contributed by atoms with Gasteiger partial charge in [-0.1, -0.05) is 18.2 Å². The van der Waals surface area contributed by atoms with Crippen molar-refractivity contribution in [3.05, 3.63) is 30.3 Å². The Labute approximate surface area is 184 Å². The number of nitrogens with zero attached hydrogens (tertiary/aromatic N) is 2. The Kier molecular flexibility index (Phi) is 7.71. The number of benzene rings is 1. The first kappa shape index (κ1) is 21.4. The van der Waals surface area contributed by atoms with Crippen molar-refractivity contribution in [1.82, 2.24) is 10.2 Å². The highest BCUT2D eigenvalue weighted by molar-refractivity contribution is 8.00. The van der Waals surface area contributed by atoms with Crippen LogP contribution in [0.2, 0.25) is 0 Å². The van der Waals surface area contributed by atoms with E-state index in [1.165, 1.54) is 42.9 Å². The molecule has 0 spiro atoms. The van der Waals surface area contributed by atoms with Gasteiger partial charge in [0.25, 0.3) is 0 Å². The van der Waals surface area contributed by atoms with Gasteiger partial charge >= 0.3 is 0 Å². The predicted octanol–water partition coefficient (Wildman–Crippen LogP) is 3.86. The number of hydrogen-bond acceptors (Lipinski definition) is 5. The molecule has 4 rings (SSSR count). The minimum absolute atomic E-state index is 0.216. The van der Waals surface area contributed by atoms with Gasteiger partial charge in [-0.3, -0.25) is 9.69 Å². The molecular formula is C23H35N3OS2. The topological polar surface area (TPSA) is 35.6 Å². The van der Waals surface area contributed by atoms with Gasteiger partial charge in [0.1, 0.15) is 0 Å². The summed E-state index contributed by atoms with van der Waals surface area (Å²) in [6.45, 7) is 6.53. The summed E-state index contributed by atoms with van der Waals surface area (Å²) >= 11 is 4.10. The van der Waals surface area contributed by atoms with Crippen LogP contribution in [0.1, 0.15) is 39.0 Å². The molecule has 1 amide bonds. The summed E-state index contributed by atoms with van der Waals surface area (Å²) in [5.41, 5.74) is 1.33. The summed E-state index contributed by atoms with van der Waals surface area (Å²) in [4.78, 5) is 17.9. The molecule has 0 bridgehead atoms. The molecule has 160 valence electrons. The average Bonchev–Trinajstić information content (AvgIpc) is 3.44. The van der Waals surface area contributed by atoms with Crippen LogP contribution in [0.5, 0.6) is 0 Å². The van der Waals surface area contributed by atoms with Crippen LogP contribution >= 0.6 is 23.5 Å². The molecule has 4 nitrogen and oxygen atoms in total. The number of para-hydroxylation sites is 1. The van der Waals surface area contributed by atoms with E-state index in [1.807, 2.05) is 11.8 Å². The van der Waals surface area contributed by atoms with E-state index in [0.29, 0.717) is 23.0 Å². The molecule has 0 aliphatic carbocycles. The number of anilines is 1. The first-order chi connectivity index (χ1) is 14.2. The number of carbonyl (C=O) groups is 1. The molecular weight excluding hydrogens is 398 g/mol. The van der Waals surface area contributed by atoms with E-state index in [-0.39, 0.29) is 11.9 Å². The third-order valence-corrected chi connectivity index (χ3v) is 9.41. The molecule has 0 aromatic heterocycles. The summed E-state index contributed by atoms with van der Waals surface area (Å²) in [6.07, 6.45) is 5.77. The largest absolute Gasteiger partial charge is 0.369 e. The fourth-order valence-corrected chi connectivity index (χ4v) is 7.92. The normalized spacial score (nSPS) is 27.7. The van der Waals surface area contributed by atoms with E-state index in [0.717, 1.165) is 26.2 Å².